The Morgan fingerprint density at radius 3 is 2.69 bits per heavy atom. The summed E-state index contributed by atoms with van der Waals surface area (Å²) in [7, 11) is 0. The molecule has 0 spiro atoms. The standard InChI is InChI=1S/C9H7N3O2S2/c1-5-6(7(13)14)15-9(12-5)16-8-10-3-2-4-11-8/h2-4H,1H3,(H,13,14). The number of hydrogen-bond acceptors (Lipinski definition) is 6. The molecule has 0 atom stereocenters. The van der Waals surface area contributed by atoms with Crippen molar-refractivity contribution in [2.75, 3.05) is 0 Å². The van der Waals surface area contributed by atoms with E-state index >= 15 is 0 Å². The molecule has 7 heteroatoms. The van der Waals surface area contributed by atoms with Gasteiger partial charge in [0.1, 0.15) is 4.88 Å². The Hall–Kier alpha value is -1.47. The van der Waals surface area contributed by atoms with E-state index < -0.39 is 5.97 Å². The van der Waals surface area contributed by atoms with Crippen LogP contribution in [0.4, 0.5) is 0 Å². The van der Waals surface area contributed by atoms with Gasteiger partial charge in [0.15, 0.2) is 9.50 Å². The minimum Gasteiger partial charge on any atom is -0.477 e. The highest BCUT2D eigenvalue weighted by atomic mass is 32.2. The molecule has 2 aromatic rings. The number of aromatic carboxylic acids is 1. The monoisotopic (exact) mass is 253 g/mol. The lowest BCUT2D eigenvalue weighted by molar-refractivity contribution is 0.0701. The van der Waals surface area contributed by atoms with Crippen LogP contribution in [-0.4, -0.2) is 26.0 Å². The van der Waals surface area contributed by atoms with Gasteiger partial charge in [0, 0.05) is 12.4 Å². The second-order valence-corrected chi connectivity index (χ2v) is 5.05. The van der Waals surface area contributed by atoms with Gasteiger partial charge in [-0.25, -0.2) is 19.7 Å². The third-order valence-corrected chi connectivity index (χ3v) is 3.79. The van der Waals surface area contributed by atoms with Crippen molar-refractivity contribution >= 4 is 29.1 Å². The SMILES string of the molecule is Cc1nc(Sc2ncccn2)sc1C(=O)O. The van der Waals surface area contributed by atoms with Crippen molar-refractivity contribution in [2.24, 2.45) is 0 Å². The third kappa shape index (κ3) is 2.37. The number of rotatable bonds is 3. The minimum atomic E-state index is -0.948. The van der Waals surface area contributed by atoms with Gasteiger partial charge in [-0.05, 0) is 24.8 Å². The first-order valence-electron chi connectivity index (χ1n) is 4.32. The van der Waals surface area contributed by atoms with E-state index in [0.29, 0.717) is 15.2 Å². The zero-order valence-electron chi connectivity index (χ0n) is 8.25. The van der Waals surface area contributed by atoms with Crippen molar-refractivity contribution < 1.29 is 9.90 Å². The number of carbonyl (C=O) groups is 1. The lowest BCUT2D eigenvalue weighted by atomic mass is 10.4. The average Bonchev–Trinajstić information content (AvgIpc) is 2.61. The molecule has 0 fully saturated rings. The van der Waals surface area contributed by atoms with E-state index in [4.69, 9.17) is 5.11 Å². The Morgan fingerprint density at radius 1 is 1.44 bits per heavy atom. The van der Waals surface area contributed by atoms with Gasteiger partial charge in [0.05, 0.1) is 5.69 Å². The second kappa shape index (κ2) is 4.58. The number of hydrogen-bond donors (Lipinski definition) is 1. The van der Waals surface area contributed by atoms with Crippen LogP contribution in [0.5, 0.6) is 0 Å². The van der Waals surface area contributed by atoms with Gasteiger partial charge in [-0.2, -0.15) is 0 Å². The molecule has 0 amide bonds. The predicted molar refractivity (Wildman–Crippen MR) is 60.0 cm³/mol. The summed E-state index contributed by atoms with van der Waals surface area (Å²) in [6.45, 7) is 1.68. The quantitative estimate of drug-likeness (QED) is 0.844. The van der Waals surface area contributed by atoms with E-state index in [2.05, 4.69) is 15.0 Å². The van der Waals surface area contributed by atoms with Gasteiger partial charge >= 0.3 is 5.97 Å². The normalized spacial score (nSPS) is 10.3. The van der Waals surface area contributed by atoms with Crippen LogP contribution in [0, 0.1) is 6.92 Å². The molecule has 0 aliphatic carbocycles. The maximum atomic E-state index is 10.8. The second-order valence-electron chi connectivity index (χ2n) is 2.83. The fourth-order valence-corrected chi connectivity index (χ4v) is 2.87. The number of aromatic nitrogens is 3. The van der Waals surface area contributed by atoms with Crippen molar-refractivity contribution in [3.8, 4) is 0 Å². The molecular formula is C9H7N3O2S2. The summed E-state index contributed by atoms with van der Waals surface area (Å²) in [6.07, 6.45) is 3.27. The van der Waals surface area contributed by atoms with Crippen LogP contribution in [0.25, 0.3) is 0 Å². The van der Waals surface area contributed by atoms with Crippen molar-refractivity contribution in [1.82, 2.24) is 15.0 Å². The van der Waals surface area contributed by atoms with Gasteiger partial charge in [0.2, 0.25) is 0 Å². The molecule has 0 unspecified atom stereocenters. The van der Waals surface area contributed by atoms with Gasteiger partial charge in [-0.1, -0.05) is 11.3 Å². The highest BCUT2D eigenvalue weighted by Crippen LogP contribution is 2.30. The maximum absolute atomic E-state index is 10.8. The first-order valence-corrected chi connectivity index (χ1v) is 5.95. The molecule has 2 rings (SSSR count). The zero-order chi connectivity index (χ0) is 11.5. The first-order chi connectivity index (χ1) is 7.66. The van der Waals surface area contributed by atoms with Crippen LogP contribution in [0.2, 0.25) is 0 Å². The van der Waals surface area contributed by atoms with Crippen LogP contribution in [0.3, 0.4) is 0 Å². The first kappa shape index (κ1) is 11.0. The largest absolute Gasteiger partial charge is 0.477 e. The summed E-state index contributed by atoms with van der Waals surface area (Å²) >= 11 is 2.40. The van der Waals surface area contributed by atoms with Crippen LogP contribution < -0.4 is 0 Å². The van der Waals surface area contributed by atoms with Crippen molar-refractivity contribution in [3.05, 3.63) is 29.0 Å². The van der Waals surface area contributed by atoms with E-state index in [0.717, 1.165) is 11.3 Å². The average molecular weight is 253 g/mol. The summed E-state index contributed by atoms with van der Waals surface area (Å²) < 4.78 is 0.640. The Labute approximate surface area is 99.6 Å². The molecule has 0 aliphatic rings. The molecular weight excluding hydrogens is 246 g/mol. The summed E-state index contributed by atoms with van der Waals surface area (Å²) in [5, 5.41) is 9.44. The molecule has 0 aromatic carbocycles. The summed E-state index contributed by atoms with van der Waals surface area (Å²) in [6, 6.07) is 1.72. The number of carboxylic acids is 1. The van der Waals surface area contributed by atoms with Crippen molar-refractivity contribution in [3.63, 3.8) is 0 Å². The molecule has 0 saturated carbocycles. The fraction of sp³-hybridized carbons (Fsp3) is 0.111. The Bertz CT molecular complexity index is 513. The van der Waals surface area contributed by atoms with Crippen LogP contribution in [0.15, 0.2) is 28.0 Å². The lowest BCUT2D eigenvalue weighted by Crippen LogP contribution is -1.94. The molecule has 0 bridgehead atoms. The maximum Gasteiger partial charge on any atom is 0.347 e. The molecule has 0 radical (unpaired) electrons. The number of nitrogens with zero attached hydrogens (tertiary/aromatic N) is 3. The minimum absolute atomic E-state index is 0.262. The zero-order valence-corrected chi connectivity index (χ0v) is 9.88. The smallest absolute Gasteiger partial charge is 0.347 e. The molecule has 82 valence electrons. The molecule has 2 aromatic heterocycles. The number of carboxylic acid groups (broad SMARTS) is 1. The molecule has 2 heterocycles. The third-order valence-electron chi connectivity index (χ3n) is 1.69. The Morgan fingerprint density at radius 2 is 2.12 bits per heavy atom. The number of thiazole rings is 1. The van der Waals surface area contributed by atoms with Crippen molar-refractivity contribution in [2.45, 2.75) is 16.4 Å². The molecule has 5 nitrogen and oxygen atoms in total. The topological polar surface area (TPSA) is 76.0 Å². The molecule has 0 aliphatic heterocycles. The van der Waals surface area contributed by atoms with E-state index in [1.165, 1.54) is 11.8 Å². The van der Waals surface area contributed by atoms with Crippen LogP contribution in [0.1, 0.15) is 15.4 Å². The van der Waals surface area contributed by atoms with Gasteiger partial charge in [-0.15, -0.1) is 0 Å². The fourth-order valence-electron chi connectivity index (χ4n) is 1.03. The molecule has 0 saturated heterocycles. The van der Waals surface area contributed by atoms with Crippen LogP contribution >= 0.6 is 23.1 Å². The highest BCUT2D eigenvalue weighted by Gasteiger charge is 2.15. The molecule has 1 N–H and O–H groups in total. The lowest BCUT2D eigenvalue weighted by Gasteiger charge is -1.92. The summed E-state index contributed by atoms with van der Waals surface area (Å²) in [5.41, 5.74) is 0.524. The van der Waals surface area contributed by atoms with E-state index in [-0.39, 0.29) is 4.88 Å². The number of aryl methyl sites for hydroxylation is 1. The van der Waals surface area contributed by atoms with E-state index in [1.807, 2.05) is 0 Å². The predicted octanol–water partition coefficient (Wildman–Crippen LogP) is 2.09. The van der Waals surface area contributed by atoms with E-state index in [1.54, 1.807) is 25.4 Å². The highest BCUT2D eigenvalue weighted by molar-refractivity contribution is 8.00. The van der Waals surface area contributed by atoms with Crippen molar-refractivity contribution in [1.29, 1.82) is 0 Å². The summed E-state index contributed by atoms with van der Waals surface area (Å²) in [5.74, 6) is -0.948. The van der Waals surface area contributed by atoms with E-state index in [9.17, 15) is 4.79 Å². The van der Waals surface area contributed by atoms with Crippen LogP contribution in [-0.2, 0) is 0 Å². The van der Waals surface area contributed by atoms with Gasteiger partial charge in [0.25, 0.3) is 0 Å². The molecule has 16 heavy (non-hydrogen) atoms. The van der Waals surface area contributed by atoms with Gasteiger partial charge in [-0.3, -0.25) is 0 Å². The Balaban J connectivity index is 2.23. The Kier molecular flexibility index (Phi) is 3.16. The van der Waals surface area contributed by atoms with Gasteiger partial charge < -0.3 is 5.11 Å². The summed E-state index contributed by atoms with van der Waals surface area (Å²) in [4.78, 5) is 23.3.